The van der Waals surface area contributed by atoms with Crippen molar-refractivity contribution in [2.45, 2.75) is 6.04 Å². The molecule has 3 rings (SSSR count). The number of morpholine rings is 1. The molecular formula is C9H14N6O2. The van der Waals surface area contributed by atoms with Crippen molar-refractivity contribution < 1.29 is 9.53 Å². The number of carbonyl (C=O) groups excluding carboxylic acids is 1. The Labute approximate surface area is 98.1 Å². The normalized spacial score (nSPS) is 25.0. The van der Waals surface area contributed by atoms with Crippen LogP contribution in [0.25, 0.3) is 0 Å². The summed E-state index contributed by atoms with van der Waals surface area (Å²) >= 11 is 0. The quantitative estimate of drug-likeness (QED) is 0.578. The number of anilines is 1. The van der Waals surface area contributed by atoms with Gasteiger partial charge in [0.05, 0.1) is 19.3 Å². The van der Waals surface area contributed by atoms with Gasteiger partial charge in [0.2, 0.25) is 11.9 Å². The summed E-state index contributed by atoms with van der Waals surface area (Å²) in [5.74, 6) is 0.746. The van der Waals surface area contributed by atoms with Crippen molar-refractivity contribution in [2.75, 3.05) is 37.7 Å². The minimum atomic E-state index is 0.113. The van der Waals surface area contributed by atoms with Crippen LogP contribution in [0.15, 0.2) is 0 Å². The minimum absolute atomic E-state index is 0.113. The molecule has 1 unspecified atom stereocenters. The van der Waals surface area contributed by atoms with Crippen molar-refractivity contribution in [2.24, 2.45) is 7.05 Å². The Morgan fingerprint density at radius 1 is 1.47 bits per heavy atom. The summed E-state index contributed by atoms with van der Waals surface area (Å²) < 4.78 is 6.98. The van der Waals surface area contributed by atoms with Gasteiger partial charge in [-0.05, 0) is 10.4 Å². The van der Waals surface area contributed by atoms with Crippen LogP contribution in [0.3, 0.4) is 0 Å². The molecule has 0 bridgehead atoms. The molecule has 8 nitrogen and oxygen atoms in total. The van der Waals surface area contributed by atoms with E-state index in [-0.39, 0.29) is 11.9 Å². The molecule has 0 radical (unpaired) electrons. The topological polar surface area (TPSA) is 76.4 Å². The van der Waals surface area contributed by atoms with Gasteiger partial charge in [0, 0.05) is 20.1 Å². The summed E-state index contributed by atoms with van der Waals surface area (Å²) in [6, 6.07) is 0.113. The number of hydrogen-bond donors (Lipinski definition) is 0. The van der Waals surface area contributed by atoms with E-state index in [1.54, 1.807) is 11.7 Å². The van der Waals surface area contributed by atoms with Gasteiger partial charge in [-0.3, -0.25) is 4.79 Å². The zero-order valence-electron chi connectivity index (χ0n) is 9.61. The first kappa shape index (κ1) is 10.5. The molecule has 0 aliphatic carbocycles. The van der Waals surface area contributed by atoms with E-state index in [2.05, 4.69) is 15.5 Å². The summed E-state index contributed by atoms with van der Waals surface area (Å²) in [4.78, 5) is 15.8. The monoisotopic (exact) mass is 238 g/mol. The molecule has 1 aromatic heterocycles. The molecule has 1 amide bonds. The van der Waals surface area contributed by atoms with Gasteiger partial charge < -0.3 is 14.5 Å². The molecule has 8 heteroatoms. The number of ether oxygens (including phenoxy) is 1. The molecule has 17 heavy (non-hydrogen) atoms. The van der Waals surface area contributed by atoms with Crippen molar-refractivity contribution in [3.05, 3.63) is 0 Å². The van der Waals surface area contributed by atoms with Gasteiger partial charge >= 0.3 is 0 Å². The fourth-order valence-corrected chi connectivity index (χ4v) is 2.35. The molecule has 0 saturated carbocycles. The number of piperazine rings is 1. The first-order valence-electron chi connectivity index (χ1n) is 5.60. The summed E-state index contributed by atoms with van der Waals surface area (Å²) in [5.41, 5.74) is 0. The third-order valence-electron chi connectivity index (χ3n) is 3.19. The molecule has 1 aromatic rings. The Morgan fingerprint density at radius 3 is 3.12 bits per heavy atom. The van der Waals surface area contributed by atoms with Gasteiger partial charge in [-0.15, -0.1) is 0 Å². The largest absolute Gasteiger partial charge is 0.377 e. The van der Waals surface area contributed by atoms with Crippen molar-refractivity contribution in [1.82, 2.24) is 25.1 Å². The Hall–Kier alpha value is -1.70. The van der Waals surface area contributed by atoms with Crippen LogP contribution in [0, 0.1) is 0 Å². The van der Waals surface area contributed by atoms with Gasteiger partial charge in [0.1, 0.15) is 6.54 Å². The fraction of sp³-hybridized carbons (Fsp3) is 0.778. The molecule has 92 valence electrons. The Morgan fingerprint density at radius 2 is 2.35 bits per heavy atom. The first-order valence-corrected chi connectivity index (χ1v) is 5.60. The highest BCUT2D eigenvalue weighted by Crippen LogP contribution is 2.18. The van der Waals surface area contributed by atoms with E-state index in [4.69, 9.17) is 4.74 Å². The third-order valence-corrected chi connectivity index (χ3v) is 3.19. The van der Waals surface area contributed by atoms with E-state index in [0.29, 0.717) is 32.3 Å². The second-order valence-corrected chi connectivity index (χ2v) is 4.30. The lowest BCUT2D eigenvalue weighted by molar-refractivity contribution is -0.140. The van der Waals surface area contributed by atoms with E-state index in [1.165, 1.54) is 0 Å². The average Bonchev–Trinajstić information content (AvgIpc) is 2.75. The molecule has 2 aliphatic heterocycles. The van der Waals surface area contributed by atoms with Crippen LogP contribution in [0.1, 0.15) is 0 Å². The number of carbonyl (C=O) groups is 1. The summed E-state index contributed by atoms with van der Waals surface area (Å²) in [6.07, 6.45) is 0. The molecule has 0 N–H and O–H groups in total. The van der Waals surface area contributed by atoms with Crippen LogP contribution in [-0.2, 0) is 16.6 Å². The number of aryl methyl sites for hydroxylation is 1. The number of fused-ring (bicyclic) bond motifs is 1. The van der Waals surface area contributed by atoms with Crippen molar-refractivity contribution >= 4 is 11.9 Å². The maximum atomic E-state index is 12.0. The van der Waals surface area contributed by atoms with Crippen LogP contribution in [0.2, 0.25) is 0 Å². The molecule has 2 saturated heterocycles. The maximum absolute atomic E-state index is 12.0. The predicted octanol–water partition coefficient (Wildman–Crippen LogP) is -1.74. The predicted molar refractivity (Wildman–Crippen MR) is 57.3 cm³/mol. The van der Waals surface area contributed by atoms with Gasteiger partial charge in [0.15, 0.2) is 0 Å². The van der Waals surface area contributed by atoms with E-state index in [0.717, 1.165) is 6.54 Å². The number of tetrazole rings is 1. The standard InChI is InChI=1S/C9H14N6O2/c1-13-9(10-11-12-13)14-4-7-6-17-3-2-15(7)8(16)5-14/h7H,2-6H2,1H3. The zero-order valence-corrected chi connectivity index (χ0v) is 9.61. The number of rotatable bonds is 1. The van der Waals surface area contributed by atoms with Crippen LogP contribution in [0.4, 0.5) is 5.95 Å². The highest BCUT2D eigenvalue weighted by Gasteiger charge is 2.36. The highest BCUT2D eigenvalue weighted by atomic mass is 16.5. The van der Waals surface area contributed by atoms with E-state index >= 15 is 0 Å². The molecule has 1 atom stereocenters. The Balaban J connectivity index is 1.81. The van der Waals surface area contributed by atoms with Gasteiger partial charge in [-0.1, -0.05) is 5.10 Å². The molecule has 0 spiro atoms. The zero-order chi connectivity index (χ0) is 11.8. The number of nitrogens with zero attached hydrogens (tertiary/aromatic N) is 6. The minimum Gasteiger partial charge on any atom is -0.377 e. The fourth-order valence-electron chi connectivity index (χ4n) is 2.35. The van der Waals surface area contributed by atoms with E-state index in [1.807, 2.05) is 9.80 Å². The smallest absolute Gasteiger partial charge is 0.245 e. The lowest BCUT2D eigenvalue weighted by atomic mass is 10.1. The first-order chi connectivity index (χ1) is 8.25. The van der Waals surface area contributed by atoms with Crippen molar-refractivity contribution in [1.29, 1.82) is 0 Å². The molecule has 2 aliphatic rings. The summed E-state index contributed by atoms with van der Waals surface area (Å²) in [6.45, 7) is 2.97. The summed E-state index contributed by atoms with van der Waals surface area (Å²) in [5, 5.41) is 11.3. The highest BCUT2D eigenvalue weighted by molar-refractivity contribution is 5.82. The summed E-state index contributed by atoms with van der Waals surface area (Å²) in [7, 11) is 1.77. The van der Waals surface area contributed by atoms with Gasteiger partial charge in [-0.25, -0.2) is 4.68 Å². The maximum Gasteiger partial charge on any atom is 0.245 e. The molecule has 3 heterocycles. The number of hydrogen-bond acceptors (Lipinski definition) is 6. The van der Waals surface area contributed by atoms with Crippen LogP contribution >= 0.6 is 0 Å². The SMILES string of the molecule is Cn1nnnc1N1CC(=O)N2CCOCC2C1. The lowest BCUT2D eigenvalue weighted by Crippen LogP contribution is -2.61. The van der Waals surface area contributed by atoms with E-state index in [9.17, 15) is 4.79 Å². The van der Waals surface area contributed by atoms with Crippen molar-refractivity contribution in [3.8, 4) is 0 Å². The van der Waals surface area contributed by atoms with Gasteiger partial charge in [0.25, 0.3) is 0 Å². The number of aromatic nitrogens is 4. The van der Waals surface area contributed by atoms with Crippen molar-refractivity contribution in [3.63, 3.8) is 0 Å². The van der Waals surface area contributed by atoms with Crippen LogP contribution in [-0.4, -0.2) is 69.9 Å². The van der Waals surface area contributed by atoms with Crippen LogP contribution < -0.4 is 4.90 Å². The molecule has 0 aromatic carbocycles. The lowest BCUT2D eigenvalue weighted by Gasteiger charge is -2.43. The Bertz CT molecular complexity index is 433. The second kappa shape index (κ2) is 3.95. The second-order valence-electron chi connectivity index (χ2n) is 4.30. The average molecular weight is 238 g/mol. The number of amides is 1. The van der Waals surface area contributed by atoms with Gasteiger partial charge in [-0.2, -0.15) is 0 Å². The third kappa shape index (κ3) is 1.74. The van der Waals surface area contributed by atoms with E-state index < -0.39 is 0 Å². The van der Waals surface area contributed by atoms with Crippen LogP contribution in [0.5, 0.6) is 0 Å². The Kier molecular flexibility index (Phi) is 2.43. The molecule has 2 fully saturated rings. The molecular weight excluding hydrogens is 224 g/mol.